The van der Waals surface area contributed by atoms with Crippen molar-refractivity contribution in [1.29, 1.82) is 0 Å². The number of aliphatic carboxylic acids is 1. The van der Waals surface area contributed by atoms with Gasteiger partial charge in [-0.3, -0.25) is 19.2 Å². The SMILES string of the molecule is CCc1nc2c(F)cc(CC(C)(C)C(=O)O)cc2c(=O)[nH]1.CCc1nc2c(F)cc(CC(C)(C)C(=O)OC)cc2c(=O)[nH]1. The first-order chi connectivity index (χ1) is 20.0. The number of hydrogen-bond acceptors (Lipinski definition) is 7. The first-order valence-corrected chi connectivity index (χ1v) is 13.8. The number of H-pyrrole nitrogens is 2. The summed E-state index contributed by atoms with van der Waals surface area (Å²) in [5.74, 6) is -1.67. The molecule has 0 spiro atoms. The zero-order valence-electron chi connectivity index (χ0n) is 25.3. The van der Waals surface area contributed by atoms with E-state index < -0.39 is 34.0 Å². The van der Waals surface area contributed by atoms with Crippen LogP contribution in [0.5, 0.6) is 0 Å². The summed E-state index contributed by atoms with van der Waals surface area (Å²) >= 11 is 0. The third kappa shape index (κ3) is 7.49. The van der Waals surface area contributed by atoms with E-state index in [2.05, 4.69) is 19.9 Å². The monoisotopic (exact) mass is 598 g/mol. The van der Waals surface area contributed by atoms with Crippen LogP contribution >= 0.6 is 0 Å². The number of carboxylic acids is 1. The Kier molecular flexibility index (Phi) is 9.83. The largest absolute Gasteiger partial charge is 0.481 e. The van der Waals surface area contributed by atoms with Crippen LogP contribution < -0.4 is 11.1 Å². The van der Waals surface area contributed by atoms with Crippen molar-refractivity contribution in [3.05, 3.63) is 79.4 Å². The molecule has 0 aliphatic heterocycles. The minimum atomic E-state index is -1.04. The molecule has 0 unspecified atom stereocenters. The average Bonchev–Trinajstić information content (AvgIpc) is 2.93. The van der Waals surface area contributed by atoms with Crippen LogP contribution in [0, 0.1) is 22.5 Å². The van der Waals surface area contributed by atoms with Crippen LogP contribution in [-0.4, -0.2) is 44.1 Å². The lowest BCUT2D eigenvalue weighted by Crippen LogP contribution is -2.28. The number of halogens is 2. The van der Waals surface area contributed by atoms with Gasteiger partial charge in [-0.2, -0.15) is 0 Å². The van der Waals surface area contributed by atoms with E-state index in [0.717, 1.165) is 0 Å². The minimum Gasteiger partial charge on any atom is -0.481 e. The van der Waals surface area contributed by atoms with Crippen LogP contribution in [0.3, 0.4) is 0 Å². The summed E-state index contributed by atoms with van der Waals surface area (Å²) in [6.45, 7) is 10.2. The van der Waals surface area contributed by atoms with Gasteiger partial charge in [-0.15, -0.1) is 0 Å². The Bertz CT molecular complexity index is 1810. The summed E-state index contributed by atoms with van der Waals surface area (Å²) in [4.78, 5) is 60.4. The van der Waals surface area contributed by atoms with Crippen molar-refractivity contribution in [2.75, 3.05) is 7.11 Å². The fourth-order valence-corrected chi connectivity index (χ4v) is 4.59. The molecule has 0 radical (unpaired) electrons. The van der Waals surface area contributed by atoms with E-state index in [1.54, 1.807) is 33.8 Å². The topological polar surface area (TPSA) is 155 Å². The third-order valence-electron chi connectivity index (χ3n) is 7.02. The maximum absolute atomic E-state index is 14.3. The van der Waals surface area contributed by atoms with Crippen LogP contribution in [0.25, 0.3) is 21.8 Å². The van der Waals surface area contributed by atoms with Crippen LogP contribution in [-0.2, 0) is 40.0 Å². The molecule has 3 N–H and O–H groups in total. The molecule has 0 fully saturated rings. The van der Waals surface area contributed by atoms with E-state index in [0.29, 0.717) is 35.6 Å². The van der Waals surface area contributed by atoms with Gasteiger partial charge in [0.15, 0.2) is 0 Å². The first kappa shape index (κ1) is 33.0. The number of methoxy groups -OCH3 is 1. The number of esters is 1. The number of nitrogens with one attached hydrogen (secondary N) is 2. The quantitative estimate of drug-likeness (QED) is 0.248. The number of nitrogens with zero attached hydrogens (tertiary/aromatic N) is 2. The number of ether oxygens (including phenoxy) is 1. The van der Waals surface area contributed by atoms with Gasteiger partial charge in [-0.1, -0.05) is 13.8 Å². The standard InChI is InChI=1S/C16H19FN2O3.C15H17FN2O3/c1-5-12-18-13-10(14(20)19-12)6-9(7-11(13)17)8-16(2,3)15(21)22-4;1-4-11-17-12-9(13(19)18-11)5-8(6-10(12)16)7-15(2,3)14(20)21/h6-7H,5,8H2,1-4H3,(H,18,19,20);5-6H,4,7H2,1-3H3,(H,20,21)(H,17,18,19). The lowest BCUT2D eigenvalue weighted by atomic mass is 9.85. The van der Waals surface area contributed by atoms with Crippen LogP contribution in [0.15, 0.2) is 33.9 Å². The normalized spacial score (nSPS) is 11.7. The Hall–Kier alpha value is -4.48. The van der Waals surface area contributed by atoms with Crippen molar-refractivity contribution in [2.45, 2.75) is 67.2 Å². The summed E-state index contributed by atoms with van der Waals surface area (Å²) in [6.07, 6.45) is 1.41. The van der Waals surface area contributed by atoms with Gasteiger partial charge in [-0.25, -0.2) is 18.7 Å². The molecule has 12 heteroatoms. The Morgan fingerprint density at radius 2 is 1.19 bits per heavy atom. The molecule has 0 aliphatic carbocycles. The van der Waals surface area contributed by atoms with Gasteiger partial charge >= 0.3 is 11.9 Å². The molecule has 10 nitrogen and oxygen atoms in total. The van der Waals surface area contributed by atoms with E-state index in [9.17, 15) is 28.0 Å². The number of aromatic amines is 2. The maximum Gasteiger partial charge on any atom is 0.311 e. The van der Waals surface area contributed by atoms with Gasteiger partial charge in [0.05, 0.1) is 28.7 Å². The maximum atomic E-state index is 14.3. The van der Waals surface area contributed by atoms with Crippen molar-refractivity contribution in [1.82, 2.24) is 19.9 Å². The number of carboxylic acid groups (broad SMARTS) is 1. The first-order valence-electron chi connectivity index (χ1n) is 13.8. The van der Waals surface area contributed by atoms with Gasteiger partial charge < -0.3 is 19.8 Å². The number of carbonyl (C=O) groups excluding carboxylic acids is 1. The molecule has 4 rings (SSSR count). The molecule has 4 aromatic rings. The second-order valence-corrected chi connectivity index (χ2v) is 11.6. The predicted octanol–water partition coefficient (Wildman–Crippen LogP) is 4.64. The molecular formula is C31H36F2N4O6. The molecule has 0 atom stereocenters. The Morgan fingerprint density at radius 3 is 1.53 bits per heavy atom. The summed E-state index contributed by atoms with van der Waals surface area (Å²) < 4.78 is 33.2. The molecule has 2 heterocycles. The van der Waals surface area contributed by atoms with Crippen molar-refractivity contribution >= 4 is 33.7 Å². The van der Waals surface area contributed by atoms with Crippen molar-refractivity contribution in [3.8, 4) is 0 Å². The average molecular weight is 599 g/mol. The number of aryl methyl sites for hydroxylation is 2. The molecule has 0 saturated heterocycles. The summed E-state index contributed by atoms with van der Waals surface area (Å²) in [5.41, 5.74) is -1.54. The summed E-state index contributed by atoms with van der Waals surface area (Å²) in [7, 11) is 1.31. The molecule has 0 saturated carbocycles. The van der Waals surface area contributed by atoms with Gasteiger partial charge in [0.1, 0.15) is 34.3 Å². The van der Waals surface area contributed by atoms with Crippen LogP contribution in [0.1, 0.15) is 64.3 Å². The number of aromatic nitrogens is 4. The second-order valence-electron chi connectivity index (χ2n) is 11.6. The lowest BCUT2D eigenvalue weighted by Gasteiger charge is -2.21. The highest BCUT2D eigenvalue weighted by Gasteiger charge is 2.30. The molecule has 2 aromatic heterocycles. The van der Waals surface area contributed by atoms with E-state index in [1.807, 2.05) is 13.8 Å². The molecule has 0 amide bonds. The van der Waals surface area contributed by atoms with Gasteiger partial charge in [0, 0.05) is 12.8 Å². The van der Waals surface area contributed by atoms with E-state index >= 15 is 0 Å². The highest BCUT2D eigenvalue weighted by Crippen LogP contribution is 2.27. The Morgan fingerprint density at radius 1 is 0.791 bits per heavy atom. The Labute approximate surface area is 246 Å². The third-order valence-corrected chi connectivity index (χ3v) is 7.02. The van der Waals surface area contributed by atoms with Crippen LogP contribution in [0.2, 0.25) is 0 Å². The van der Waals surface area contributed by atoms with Crippen molar-refractivity contribution in [2.24, 2.45) is 10.8 Å². The second kappa shape index (κ2) is 12.8. The molecule has 2 aromatic carbocycles. The van der Waals surface area contributed by atoms with E-state index in [1.165, 1.54) is 25.3 Å². The fourth-order valence-electron chi connectivity index (χ4n) is 4.59. The number of fused-ring (bicyclic) bond motifs is 2. The molecule has 230 valence electrons. The summed E-state index contributed by atoms with van der Waals surface area (Å²) in [6, 6.07) is 5.65. The number of carbonyl (C=O) groups is 2. The minimum absolute atomic E-state index is 0.0208. The van der Waals surface area contributed by atoms with E-state index in [4.69, 9.17) is 9.84 Å². The van der Waals surface area contributed by atoms with Crippen LogP contribution in [0.4, 0.5) is 8.78 Å². The zero-order chi connectivity index (χ0) is 32.3. The van der Waals surface area contributed by atoms with Gasteiger partial charge in [-0.05, 0) is 75.9 Å². The molecule has 43 heavy (non-hydrogen) atoms. The fraction of sp³-hybridized carbons (Fsp3) is 0.419. The van der Waals surface area contributed by atoms with Crippen molar-refractivity contribution in [3.63, 3.8) is 0 Å². The number of benzene rings is 2. The van der Waals surface area contributed by atoms with Gasteiger partial charge in [0.2, 0.25) is 0 Å². The zero-order valence-corrected chi connectivity index (χ0v) is 25.3. The molecule has 0 bridgehead atoms. The molecular weight excluding hydrogens is 562 g/mol. The summed E-state index contributed by atoms with van der Waals surface area (Å²) in [5, 5.41) is 9.46. The lowest BCUT2D eigenvalue weighted by molar-refractivity contribution is -0.150. The number of rotatable bonds is 8. The predicted molar refractivity (Wildman–Crippen MR) is 158 cm³/mol. The number of hydrogen-bond donors (Lipinski definition) is 3. The smallest absolute Gasteiger partial charge is 0.311 e. The highest BCUT2D eigenvalue weighted by atomic mass is 19.1. The highest BCUT2D eigenvalue weighted by molar-refractivity contribution is 5.81. The molecule has 0 aliphatic rings. The van der Waals surface area contributed by atoms with Gasteiger partial charge in [0.25, 0.3) is 11.1 Å². The van der Waals surface area contributed by atoms with E-state index in [-0.39, 0.29) is 46.2 Å². The Balaban J connectivity index is 0.000000236. The van der Waals surface area contributed by atoms with Crippen molar-refractivity contribution < 1.29 is 28.2 Å².